The molecule has 0 unspecified atom stereocenters. The third-order valence-corrected chi connectivity index (χ3v) is 4.28. The molecule has 3 aromatic rings. The summed E-state index contributed by atoms with van der Waals surface area (Å²) in [4.78, 5) is 35.8. The predicted octanol–water partition coefficient (Wildman–Crippen LogP) is 2.31. The van der Waals surface area contributed by atoms with Crippen LogP contribution in [0.2, 0.25) is 0 Å². The number of pyridine rings is 1. The molecule has 6 heteroatoms. The number of hydrogen-bond acceptors (Lipinski definition) is 4. The van der Waals surface area contributed by atoms with Crippen molar-refractivity contribution >= 4 is 16.9 Å². The van der Waals surface area contributed by atoms with E-state index in [1.807, 2.05) is 50.2 Å². The van der Waals surface area contributed by atoms with Gasteiger partial charge in [0.05, 0.1) is 11.0 Å². The van der Waals surface area contributed by atoms with E-state index >= 15 is 0 Å². The third kappa shape index (κ3) is 4.33. The zero-order valence-corrected chi connectivity index (χ0v) is 15.0. The van der Waals surface area contributed by atoms with Crippen molar-refractivity contribution < 1.29 is 4.79 Å². The van der Waals surface area contributed by atoms with E-state index in [4.69, 9.17) is 0 Å². The molecule has 1 aromatic carbocycles. The molecule has 134 valence electrons. The summed E-state index contributed by atoms with van der Waals surface area (Å²) >= 11 is 0. The number of nitrogens with one attached hydrogen (secondary N) is 2. The first-order valence-electron chi connectivity index (χ1n) is 8.70. The maximum atomic E-state index is 12.2. The summed E-state index contributed by atoms with van der Waals surface area (Å²) < 4.78 is 0. The molecule has 0 aliphatic carbocycles. The summed E-state index contributed by atoms with van der Waals surface area (Å²) in [7, 11) is 0. The maximum absolute atomic E-state index is 12.2. The Labute approximate surface area is 151 Å². The Hall–Kier alpha value is -3.02. The van der Waals surface area contributed by atoms with Gasteiger partial charge in [-0.25, -0.2) is 4.98 Å². The number of carbonyl (C=O) groups is 1. The minimum absolute atomic E-state index is 0.0288. The fourth-order valence-electron chi connectivity index (χ4n) is 2.89. The van der Waals surface area contributed by atoms with E-state index in [-0.39, 0.29) is 23.9 Å². The largest absolute Gasteiger partial charge is 0.353 e. The molecular weight excluding hydrogens is 328 g/mol. The van der Waals surface area contributed by atoms with E-state index in [9.17, 15) is 9.59 Å². The molecule has 0 spiro atoms. The number of nitrogens with zero attached hydrogens (tertiary/aromatic N) is 2. The quantitative estimate of drug-likeness (QED) is 0.714. The van der Waals surface area contributed by atoms with Crippen LogP contribution < -0.4 is 10.9 Å². The lowest BCUT2D eigenvalue weighted by atomic mass is 10.1. The van der Waals surface area contributed by atoms with Gasteiger partial charge in [0.15, 0.2) is 0 Å². The summed E-state index contributed by atoms with van der Waals surface area (Å²) in [6, 6.07) is 11.2. The zero-order chi connectivity index (χ0) is 18.5. The number of para-hydroxylation sites is 2. The third-order valence-electron chi connectivity index (χ3n) is 4.28. The van der Waals surface area contributed by atoms with Gasteiger partial charge in [0.2, 0.25) is 5.91 Å². The van der Waals surface area contributed by atoms with Crippen LogP contribution in [0, 0.1) is 6.92 Å². The molecule has 6 nitrogen and oxygen atoms in total. The number of amides is 1. The summed E-state index contributed by atoms with van der Waals surface area (Å²) in [6.07, 6.45) is 2.96. The number of aromatic amines is 1. The minimum Gasteiger partial charge on any atom is -0.353 e. The van der Waals surface area contributed by atoms with Gasteiger partial charge in [-0.1, -0.05) is 18.2 Å². The van der Waals surface area contributed by atoms with Crippen molar-refractivity contribution in [3.05, 3.63) is 69.9 Å². The highest BCUT2D eigenvalue weighted by Crippen LogP contribution is 2.08. The highest BCUT2D eigenvalue weighted by molar-refractivity contribution is 5.77. The normalized spacial score (nSPS) is 12.1. The molecule has 0 saturated heterocycles. The van der Waals surface area contributed by atoms with Crippen LogP contribution in [0.3, 0.4) is 0 Å². The van der Waals surface area contributed by atoms with E-state index in [1.54, 1.807) is 6.20 Å². The smallest absolute Gasteiger partial charge is 0.270 e. The van der Waals surface area contributed by atoms with E-state index in [1.165, 1.54) is 0 Å². The number of rotatable bonds is 6. The maximum Gasteiger partial charge on any atom is 0.270 e. The Bertz CT molecular complexity index is 981. The van der Waals surface area contributed by atoms with Crippen LogP contribution in [0.1, 0.15) is 30.3 Å². The van der Waals surface area contributed by atoms with Gasteiger partial charge >= 0.3 is 0 Å². The lowest BCUT2D eigenvalue weighted by Gasteiger charge is -2.14. The Morgan fingerprint density at radius 2 is 2.00 bits per heavy atom. The number of aromatic nitrogens is 3. The molecular formula is C20H22N4O2. The van der Waals surface area contributed by atoms with Gasteiger partial charge in [0.25, 0.3) is 5.56 Å². The Kier molecular flexibility index (Phi) is 5.41. The van der Waals surface area contributed by atoms with Crippen LogP contribution in [0.15, 0.2) is 47.4 Å². The fraction of sp³-hybridized carbons (Fsp3) is 0.300. The molecule has 1 atom stereocenters. The van der Waals surface area contributed by atoms with Crippen LogP contribution in [0.5, 0.6) is 0 Å². The highest BCUT2D eigenvalue weighted by Gasteiger charge is 2.12. The van der Waals surface area contributed by atoms with Crippen LogP contribution in [-0.2, 0) is 17.6 Å². The summed E-state index contributed by atoms with van der Waals surface area (Å²) in [5.74, 6) is -0.0968. The van der Waals surface area contributed by atoms with Crippen LogP contribution >= 0.6 is 0 Å². The second-order valence-corrected chi connectivity index (χ2v) is 6.47. The number of fused-ring (bicyclic) bond motifs is 1. The summed E-state index contributed by atoms with van der Waals surface area (Å²) in [5.41, 5.74) is 3.65. The minimum atomic E-state index is -0.242. The molecule has 2 heterocycles. The second kappa shape index (κ2) is 7.91. The number of hydrogen-bond donors (Lipinski definition) is 2. The molecule has 0 aliphatic rings. The van der Waals surface area contributed by atoms with Crippen LogP contribution in [0.25, 0.3) is 11.0 Å². The van der Waals surface area contributed by atoms with Gasteiger partial charge in [-0.3, -0.25) is 14.6 Å². The van der Waals surface area contributed by atoms with Gasteiger partial charge < -0.3 is 10.3 Å². The summed E-state index contributed by atoms with van der Waals surface area (Å²) in [6.45, 7) is 3.96. The molecule has 0 fully saturated rings. The van der Waals surface area contributed by atoms with Crippen molar-refractivity contribution in [1.29, 1.82) is 0 Å². The molecule has 3 rings (SSSR count). The topological polar surface area (TPSA) is 87.7 Å². The molecule has 26 heavy (non-hydrogen) atoms. The first-order valence-corrected chi connectivity index (χ1v) is 8.70. The van der Waals surface area contributed by atoms with Crippen molar-refractivity contribution in [1.82, 2.24) is 20.3 Å². The highest BCUT2D eigenvalue weighted by atomic mass is 16.1. The van der Waals surface area contributed by atoms with Gasteiger partial charge in [0, 0.05) is 37.2 Å². The average Bonchev–Trinajstić information content (AvgIpc) is 2.62. The first-order chi connectivity index (χ1) is 12.5. The van der Waals surface area contributed by atoms with E-state index < -0.39 is 0 Å². The molecule has 0 radical (unpaired) electrons. The molecule has 0 aliphatic heterocycles. The number of aryl methyl sites for hydroxylation is 2. The number of carbonyl (C=O) groups excluding carboxylic acids is 1. The zero-order valence-electron chi connectivity index (χ0n) is 15.0. The number of benzene rings is 1. The SMILES string of the molecule is Cc1cccnc1C[C@H](C)NC(=O)CCc1nc2ccccc2[nH]c1=O. The monoisotopic (exact) mass is 350 g/mol. The van der Waals surface area contributed by atoms with Crippen LogP contribution in [0.4, 0.5) is 0 Å². The Balaban J connectivity index is 1.58. The van der Waals surface area contributed by atoms with E-state index in [0.717, 1.165) is 16.8 Å². The van der Waals surface area contributed by atoms with Gasteiger partial charge in [-0.15, -0.1) is 0 Å². The predicted molar refractivity (Wildman–Crippen MR) is 101 cm³/mol. The number of H-pyrrole nitrogens is 1. The lowest BCUT2D eigenvalue weighted by Crippen LogP contribution is -2.35. The molecule has 2 aromatic heterocycles. The second-order valence-electron chi connectivity index (χ2n) is 6.47. The van der Waals surface area contributed by atoms with Crippen molar-refractivity contribution in [2.75, 3.05) is 0 Å². The fourth-order valence-corrected chi connectivity index (χ4v) is 2.89. The van der Waals surface area contributed by atoms with Crippen molar-refractivity contribution in [2.45, 2.75) is 39.2 Å². The molecule has 0 saturated carbocycles. The van der Waals surface area contributed by atoms with Crippen LogP contribution in [-0.4, -0.2) is 26.9 Å². The summed E-state index contributed by atoms with van der Waals surface area (Å²) in [5, 5.41) is 2.96. The van der Waals surface area contributed by atoms with E-state index in [2.05, 4.69) is 20.3 Å². The Morgan fingerprint density at radius 3 is 2.81 bits per heavy atom. The van der Waals surface area contributed by atoms with Gasteiger partial charge in [-0.2, -0.15) is 0 Å². The van der Waals surface area contributed by atoms with Gasteiger partial charge in [-0.05, 0) is 37.6 Å². The first kappa shape index (κ1) is 17.8. The lowest BCUT2D eigenvalue weighted by molar-refractivity contribution is -0.121. The van der Waals surface area contributed by atoms with E-state index in [0.29, 0.717) is 24.1 Å². The average molecular weight is 350 g/mol. The molecule has 0 bridgehead atoms. The Morgan fingerprint density at radius 1 is 1.19 bits per heavy atom. The van der Waals surface area contributed by atoms with Gasteiger partial charge in [0.1, 0.15) is 5.69 Å². The van der Waals surface area contributed by atoms with Crippen molar-refractivity contribution in [2.24, 2.45) is 0 Å². The van der Waals surface area contributed by atoms with Crippen molar-refractivity contribution in [3.63, 3.8) is 0 Å². The standard InChI is InChI=1S/C20H22N4O2/c1-13-6-5-11-21-18(13)12-14(2)22-19(25)10-9-17-20(26)24-16-8-4-3-7-15(16)23-17/h3-8,11,14H,9-10,12H2,1-2H3,(H,22,25)(H,24,26)/t14-/m0/s1. The molecule has 2 N–H and O–H groups in total. The van der Waals surface area contributed by atoms with Crippen molar-refractivity contribution in [3.8, 4) is 0 Å². The molecule has 1 amide bonds.